The van der Waals surface area contributed by atoms with Gasteiger partial charge >= 0.3 is 0 Å². The number of aryl methyl sites for hydroxylation is 2. The fourth-order valence-corrected chi connectivity index (χ4v) is 5.11. The summed E-state index contributed by atoms with van der Waals surface area (Å²) in [6.07, 6.45) is 3.12. The molecule has 5 rings (SSSR count). The van der Waals surface area contributed by atoms with Crippen LogP contribution in [0.4, 0.5) is 10.1 Å². The van der Waals surface area contributed by atoms with E-state index in [1.54, 1.807) is 19.9 Å². The van der Waals surface area contributed by atoms with E-state index in [0.717, 1.165) is 32.4 Å². The maximum atomic E-state index is 15.1. The number of nitrogens with zero attached hydrogens (tertiary/aromatic N) is 3. The average molecular weight is 442 g/mol. The smallest absolute Gasteiger partial charge is 0.258 e. The highest BCUT2D eigenvalue weighted by Crippen LogP contribution is 2.30. The van der Waals surface area contributed by atoms with Crippen LogP contribution in [-0.4, -0.2) is 22.6 Å². The van der Waals surface area contributed by atoms with E-state index in [-0.39, 0.29) is 11.4 Å². The standard InChI is InChI=1S/C28H28FN3O/c1-19-16-28(33)32(20(2)30-19)24-10-11-27(26(29)18-24)31-14-12-21(13-15-31)17-23-8-5-7-22-6-3-4-9-25(22)23/h3-11,16,18,21H,12-15,17H2,1-2H3. The topological polar surface area (TPSA) is 38.1 Å². The van der Waals surface area contributed by atoms with Crippen LogP contribution >= 0.6 is 0 Å². The highest BCUT2D eigenvalue weighted by atomic mass is 19.1. The van der Waals surface area contributed by atoms with Crippen molar-refractivity contribution in [3.8, 4) is 5.69 Å². The molecule has 4 aromatic rings. The number of halogens is 1. The van der Waals surface area contributed by atoms with E-state index < -0.39 is 0 Å². The first-order chi connectivity index (χ1) is 16.0. The molecular weight excluding hydrogens is 413 g/mol. The van der Waals surface area contributed by atoms with Crippen molar-refractivity contribution < 1.29 is 4.39 Å². The summed E-state index contributed by atoms with van der Waals surface area (Å²) < 4.78 is 16.6. The maximum absolute atomic E-state index is 15.1. The number of benzene rings is 3. The zero-order chi connectivity index (χ0) is 22.9. The fraction of sp³-hybridized carbons (Fsp3) is 0.286. The first-order valence-electron chi connectivity index (χ1n) is 11.6. The van der Waals surface area contributed by atoms with Crippen LogP contribution in [0.2, 0.25) is 0 Å². The molecule has 0 aliphatic carbocycles. The second kappa shape index (κ2) is 8.81. The number of hydrogen-bond acceptors (Lipinski definition) is 3. The van der Waals surface area contributed by atoms with E-state index in [4.69, 9.17) is 0 Å². The Labute approximate surface area is 193 Å². The van der Waals surface area contributed by atoms with Crippen LogP contribution in [-0.2, 0) is 6.42 Å². The van der Waals surface area contributed by atoms with E-state index >= 15 is 4.39 Å². The molecule has 3 aromatic carbocycles. The third-order valence-corrected chi connectivity index (χ3v) is 6.75. The molecule has 1 aliphatic heterocycles. The number of aromatic nitrogens is 2. The lowest BCUT2D eigenvalue weighted by molar-refractivity contribution is 0.402. The summed E-state index contributed by atoms with van der Waals surface area (Å²) >= 11 is 0. The Morgan fingerprint density at radius 1 is 0.970 bits per heavy atom. The van der Waals surface area contributed by atoms with E-state index in [1.807, 2.05) is 6.07 Å². The predicted molar refractivity (Wildman–Crippen MR) is 132 cm³/mol. The summed E-state index contributed by atoms with van der Waals surface area (Å²) in [4.78, 5) is 18.9. The Bertz CT molecular complexity index is 1360. The molecule has 168 valence electrons. The third-order valence-electron chi connectivity index (χ3n) is 6.75. The van der Waals surface area contributed by atoms with Gasteiger partial charge in [0.1, 0.15) is 11.6 Å². The molecule has 1 aromatic heterocycles. The van der Waals surface area contributed by atoms with Crippen LogP contribution < -0.4 is 10.5 Å². The quantitative estimate of drug-likeness (QED) is 0.414. The Hall–Kier alpha value is -3.47. The average Bonchev–Trinajstić information content (AvgIpc) is 2.79. The van der Waals surface area contributed by atoms with Crippen molar-refractivity contribution in [3.63, 3.8) is 0 Å². The van der Waals surface area contributed by atoms with Gasteiger partial charge in [0.15, 0.2) is 0 Å². The molecule has 1 fully saturated rings. The molecule has 0 bridgehead atoms. The lowest BCUT2D eigenvalue weighted by atomic mass is 9.88. The van der Waals surface area contributed by atoms with E-state index in [1.165, 1.54) is 33.0 Å². The van der Waals surface area contributed by atoms with E-state index in [0.29, 0.717) is 28.8 Å². The van der Waals surface area contributed by atoms with Gasteiger partial charge in [-0.3, -0.25) is 9.36 Å². The Balaban J connectivity index is 1.30. The number of piperidine rings is 1. The van der Waals surface area contributed by atoms with Gasteiger partial charge in [-0.1, -0.05) is 42.5 Å². The van der Waals surface area contributed by atoms with Crippen LogP contribution in [0.5, 0.6) is 0 Å². The van der Waals surface area contributed by atoms with Gasteiger partial charge in [-0.05, 0) is 67.5 Å². The molecule has 5 heteroatoms. The fourth-order valence-electron chi connectivity index (χ4n) is 5.11. The molecule has 0 spiro atoms. The SMILES string of the molecule is Cc1cc(=O)n(-c2ccc(N3CCC(Cc4cccc5ccccc45)CC3)c(F)c2)c(C)n1. The Morgan fingerprint density at radius 2 is 1.73 bits per heavy atom. The molecule has 0 N–H and O–H groups in total. The molecule has 0 radical (unpaired) electrons. The predicted octanol–water partition coefficient (Wildman–Crippen LogP) is 5.60. The van der Waals surface area contributed by atoms with Crippen molar-refractivity contribution in [1.82, 2.24) is 9.55 Å². The third kappa shape index (κ3) is 4.28. The van der Waals surface area contributed by atoms with Crippen LogP contribution in [0.25, 0.3) is 16.5 Å². The number of rotatable bonds is 4. The minimum Gasteiger partial charge on any atom is -0.369 e. The second-order valence-electron chi connectivity index (χ2n) is 9.03. The molecule has 1 aliphatic rings. The Kier molecular flexibility index (Phi) is 5.71. The number of anilines is 1. The monoisotopic (exact) mass is 441 g/mol. The summed E-state index contributed by atoms with van der Waals surface area (Å²) in [6, 6.07) is 21.6. The minimum atomic E-state index is -0.299. The van der Waals surface area contributed by atoms with Crippen molar-refractivity contribution in [2.24, 2.45) is 5.92 Å². The van der Waals surface area contributed by atoms with Gasteiger partial charge in [-0.25, -0.2) is 9.37 Å². The molecule has 0 amide bonds. The largest absolute Gasteiger partial charge is 0.369 e. The lowest BCUT2D eigenvalue weighted by Gasteiger charge is -2.34. The lowest BCUT2D eigenvalue weighted by Crippen LogP contribution is -2.35. The first-order valence-corrected chi connectivity index (χ1v) is 11.6. The normalized spacial score (nSPS) is 14.7. The molecule has 2 heterocycles. The zero-order valence-electron chi connectivity index (χ0n) is 19.1. The van der Waals surface area contributed by atoms with Gasteiger partial charge in [0.05, 0.1) is 11.4 Å². The Morgan fingerprint density at radius 3 is 2.48 bits per heavy atom. The maximum Gasteiger partial charge on any atom is 0.258 e. The first kappa shape index (κ1) is 21.4. The van der Waals surface area contributed by atoms with Crippen molar-refractivity contribution in [3.05, 3.63) is 100.0 Å². The molecule has 33 heavy (non-hydrogen) atoms. The van der Waals surface area contributed by atoms with Crippen LogP contribution in [0.15, 0.2) is 71.5 Å². The van der Waals surface area contributed by atoms with Gasteiger partial charge in [0, 0.05) is 30.9 Å². The van der Waals surface area contributed by atoms with Crippen molar-refractivity contribution >= 4 is 16.5 Å². The molecule has 1 saturated heterocycles. The van der Waals surface area contributed by atoms with E-state index in [2.05, 4.69) is 52.3 Å². The molecule has 0 saturated carbocycles. The summed E-state index contributed by atoms with van der Waals surface area (Å²) in [5.41, 5.74) is 2.98. The molecule has 4 nitrogen and oxygen atoms in total. The van der Waals surface area contributed by atoms with Gasteiger partial charge < -0.3 is 4.90 Å². The summed E-state index contributed by atoms with van der Waals surface area (Å²) in [5.74, 6) is 0.850. The summed E-state index contributed by atoms with van der Waals surface area (Å²) in [7, 11) is 0. The van der Waals surface area contributed by atoms with Crippen LogP contribution in [0, 0.1) is 25.6 Å². The van der Waals surface area contributed by atoms with Gasteiger partial charge in [0.25, 0.3) is 5.56 Å². The minimum absolute atomic E-state index is 0.193. The zero-order valence-corrected chi connectivity index (χ0v) is 19.1. The van der Waals surface area contributed by atoms with E-state index in [9.17, 15) is 4.79 Å². The second-order valence-corrected chi connectivity index (χ2v) is 9.03. The van der Waals surface area contributed by atoms with Crippen LogP contribution in [0.3, 0.4) is 0 Å². The van der Waals surface area contributed by atoms with Crippen molar-refractivity contribution in [1.29, 1.82) is 0 Å². The highest BCUT2D eigenvalue weighted by Gasteiger charge is 2.22. The van der Waals surface area contributed by atoms with Crippen LogP contribution in [0.1, 0.15) is 29.9 Å². The molecule has 0 unspecified atom stereocenters. The number of hydrogen-bond donors (Lipinski definition) is 0. The van der Waals surface area contributed by atoms with Gasteiger partial charge in [-0.15, -0.1) is 0 Å². The molecule has 0 atom stereocenters. The summed E-state index contributed by atoms with van der Waals surface area (Å²) in [5, 5.41) is 2.62. The van der Waals surface area contributed by atoms with Crippen molar-refractivity contribution in [2.75, 3.05) is 18.0 Å². The highest BCUT2D eigenvalue weighted by molar-refractivity contribution is 5.85. The van der Waals surface area contributed by atoms with Gasteiger partial charge in [-0.2, -0.15) is 0 Å². The number of fused-ring (bicyclic) bond motifs is 1. The molecular formula is C28H28FN3O. The van der Waals surface area contributed by atoms with Gasteiger partial charge in [0.2, 0.25) is 0 Å². The summed E-state index contributed by atoms with van der Waals surface area (Å²) in [6.45, 7) is 5.21. The van der Waals surface area contributed by atoms with Crippen molar-refractivity contribution in [2.45, 2.75) is 33.1 Å².